The molecule has 118 valence electrons. The van der Waals surface area contributed by atoms with Crippen molar-refractivity contribution in [2.75, 3.05) is 0 Å². The lowest BCUT2D eigenvalue weighted by Crippen LogP contribution is -2.38. The summed E-state index contributed by atoms with van der Waals surface area (Å²) in [5, 5.41) is 5.76. The van der Waals surface area contributed by atoms with Gasteiger partial charge in [0.15, 0.2) is 0 Å². The summed E-state index contributed by atoms with van der Waals surface area (Å²) < 4.78 is 0. The molecule has 0 bridgehead atoms. The molecule has 0 aliphatic carbocycles. The number of nitrogens with one attached hydrogen (secondary N) is 3. The van der Waals surface area contributed by atoms with E-state index in [1.54, 1.807) is 6.20 Å². The van der Waals surface area contributed by atoms with Gasteiger partial charge in [-0.1, -0.05) is 18.2 Å². The molecule has 2 aromatic heterocycles. The van der Waals surface area contributed by atoms with Crippen molar-refractivity contribution < 1.29 is 4.79 Å². The van der Waals surface area contributed by atoms with Gasteiger partial charge in [0, 0.05) is 6.20 Å². The van der Waals surface area contributed by atoms with Crippen LogP contribution in [0.25, 0.3) is 11.0 Å². The Morgan fingerprint density at radius 2 is 1.78 bits per heavy atom. The zero-order valence-electron chi connectivity index (χ0n) is 13.1. The molecule has 0 saturated heterocycles. The Morgan fingerprint density at radius 3 is 2.52 bits per heavy atom. The van der Waals surface area contributed by atoms with Crippen LogP contribution < -0.4 is 10.6 Å². The number of urea groups is 1. The molecule has 2 atom stereocenters. The lowest BCUT2D eigenvalue weighted by molar-refractivity contribution is 0.234. The number of pyridine rings is 1. The number of para-hydroxylation sites is 2. The van der Waals surface area contributed by atoms with Crippen LogP contribution in [0.2, 0.25) is 0 Å². The Kier molecular flexibility index (Phi) is 4.23. The van der Waals surface area contributed by atoms with E-state index in [1.807, 2.05) is 56.3 Å². The smallest absolute Gasteiger partial charge is 0.315 e. The highest BCUT2D eigenvalue weighted by Gasteiger charge is 2.15. The van der Waals surface area contributed by atoms with E-state index in [-0.39, 0.29) is 18.1 Å². The van der Waals surface area contributed by atoms with Crippen LogP contribution in [-0.2, 0) is 0 Å². The number of hydrogen-bond donors (Lipinski definition) is 3. The van der Waals surface area contributed by atoms with Crippen molar-refractivity contribution in [2.24, 2.45) is 0 Å². The zero-order valence-corrected chi connectivity index (χ0v) is 13.1. The number of aromatic nitrogens is 3. The molecule has 3 N–H and O–H groups in total. The number of amides is 2. The summed E-state index contributed by atoms with van der Waals surface area (Å²) >= 11 is 0. The van der Waals surface area contributed by atoms with E-state index in [0.717, 1.165) is 22.6 Å². The maximum atomic E-state index is 12.1. The molecule has 0 fully saturated rings. The first kappa shape index (κ1) is 15.0. The van der Waals surface area contributed by atoms with Crippen LogP contribution in [0.15, 0.2) is 48.7 Å². The van der Waals surface area contributed by atoms with Crippen LogP contribution >= 0.6 is 0 Å². The Morgan fingerprint density at radius 1 is 1.04 bits per heavy atom. The fraction of sp³-hybridized carbons (Fsp3) is 0.235. The van der Waals surface area contributed by atoms with Gasteiger partial charge in [0.25, 0.3) is 0 Å². The minimum atomic E-state index is -0.254. The van der Waals surface area contributed by atoms with Crippen molar-refractivity contribution in [1.82, 2.24) is 25.6 Å². The molecule has 0 aliphatic heterocycles. The normalized spacial score (nSPS) is 13.5. The van der Waals surface area contributed by atoms with Crippen molar-refractivity contribution in [2.45, 2.75) is 25.9 Å². The summed E-state index contributed by atoms with van der Waals surface area (Å²) in [4.78, 5) is 24.1. The number of benzene rings is 1. The van der Waals surface area contributed by atoms with Crippen molar-refractivity contribution in [3.63, 3.8) is 0 Å². The molecule has 0 radical (unpaired) electrons. The third-order valence-electron chi connectivity index (χ3n) is 3.64. The maximum Gasteiger partial charge on any atom is 0.315 e. The lowest BCUT2D eigenvalue weighted by Gasteiger charge is -2.16. The second kappa shape index (κ2) is 6.48. The molecule has 1 aromatic carbocycles. The molecule has 0 saturated carbocycles. The summed E-state index contributed by atoms with van der Waals surface area (Å²) in [6, 6.07) is 12.8. The van der Waals surface area contributed by atoms with Gasteiger partial charge >= 0.3 is 6.03 Å². The summed E-state index contributed by atoms with van der Waals surface area (Å²) in [5.74, 6) is 0.729. The van der Waals surface area contributed by atoms with Crippen molar-refractivity contribution >= 4 is 17.1 Å². The Hall–Kier alpha value is -2.89. The molecule has 3 aromatic rings. The molecule has 6 nitrogen and oxygen atoms in total. The Bertz CT molecular complexity index is 766. The molecule has 2 unspecified atom stereocenters. The van der Waals surface area contributed by atoms with Crippen molar-refractivity contribution in [3.8, 4) is 0 Å². The van der Waals surface area contributed by atoms with Crippen LogP contribution in [0, 0.1) is 0 Å². The SMILES string of the molecule is CC(NC(=O)NC(C)c1nc2ccccc2[nH]1)c1ccccn1. The average molecular weight is 309 g/mol. The van der Waals surface area contributed by atoms with E-state index < -0.39 is 0 Å². The number of hydrogen-bond acceptors (Lipinski definition) is 3. The van der Waals surface area contributed by atoms with Crippen LogP contribution in [0.1, 0.15) is 37.4 Å². The summed E-state index contributed by atoms with van der Waals surface area (Å²) in [7, 11) is 0. The molecule has 2 heterocycles. The van der Waals surface area contributed by atoms with Gasteiger partial charge in [-0.2, -0.15) is 0 Å². The van der Waals surface area contributed by atoms with Crippen molar-refractivity contribution in [3.05, 3.63) is 60.2 Å². The van der Waals surface area contributed by atoms with Gasteiger partial charge in [0.1, 0.15) is 5.82 Å². The number of H-pyrrole nitrogens is 1. The highest BCUT2D eigenvalue weighted by molar-refractivity contribution is 5.76. The molecule has 0 spiro atoms. The van der Waals surface area contributed by atoms with Gasteiger partial charge in [0.2, 0.25) is 0 Å². The van der Waals surface area contributed by atoms with Gasteiger partial charge in [-0.15, -0.1) is 0 Å². The molecule has 0 aliphatic rings. The quantitative estimate of drug-likeness (QED) is 0.692. The number of rotatable bonds is 4. The summed E-state index contributed by atoms with van der Waals surface area (Å²) in [5.41, 5.74) is 2.66. The first-order valence-electron chi connectivity index (χ1n) is 7.56. The Labute approximate surface area is 134 Å². The van der Waals surface area contributed by atoms with E-state index in [4.69, 9.17) is 0 Å². The zero-order chi connectivity index (χ0) is 16.2. The van der Waals surface area contributed by atoms with Gasteiger partial charge in [-0.3, -0.25) is 4.98 Å². The summed E-state index contributed by atoms with van der Waals surface area (Å²) in [6.07, 6.45) is 1.71. The van der Waals surface area contributed by atoms with E-state index in [2.05, 4.69) is 25.6 Å². The number of imidazole rings is 1. The standard InChI is InChI=1S/C17H19N5O/c1-11(13-7-5-6-10-18-13)19-17(23)20-12(2)16-21-14-8-3-4-9-15(14)22-16/h3-12H,1-2H3,(H,21,22)(H2,19,20,23). The van der Waals surface area contributed by atoms with Gasteiger partial charge in [-0.25, -0.2) is 9.78 Å². The maximum absolute atomic E-state index is 12.1. The predicted molar refractivity (Wildman–Crippen MR) is 88.8 cm³/mol. The van der Waals surface area contributed by atoms with E-state index >= 15 is 0 Å². The van der Waals surface area contributed by atoms with Crippen molar-refractivity contribution in [1.29, 1.82) is 0 Å². The van der Waals surface area contributed by atoms with Gasteiger partial charge in [0.05, 0.1) is 28.8 Å². The minimum Gasteiger partial charge on any atom is -0.340 e. The molecule has 2 amide bonds. The molecule has 6 heteroatoms. The van der Waals surface area contributed by atoms with E-state index in [9.17, 15) is 4.79 Å². The van der Waals surface area contributed by atoms with E-state index in [0.29, 0.717) is 0 Å². The van der Waals surface area contributed by atoms with Crippen LogP contribution in [-0.4, -0.2) is 21.0 Å². The lowest BCUT2D eigenvalue weighted by atomic mass is 10.2. The Balaban J connectivity index is 1.63. The molecule has 23 heavy (non-hydrogen) atoms. The average Bonchev–Trinajstić information content (AvgIpc) is 2.99. The molecular formula is C17H19N5O. The highest BCUT2D eigenvalue weighted by Crippen LogP contribution is 2.15. The number of aromatic amines is 1. The fourth-order valence-electron chi connectivity index (χ4n) is 2.39. The monoisotopic (exact) mass is 309 g/mol. The second-order valence-electron chi connectivity index (χ2n) is 5.45. The fourth-order valence-corrected chi connectivity index (χ4v) is 2.39. The van der Waals surface area contributed by atoms with Crippen LogP contribution in [0.5, 0.6) is 0 Å². The van der Waals surface area contributed by atoms with Gasteiger partial charge < -0.3 is 15.6 Å². The first-order valence-corrected chi connectivity index (χ1v) is 7.56. The number of fused-ring (bicyclic) bond motifs is 1. The topological polar surface area (TPSA) is 82.7 Å². The molecular weight excluding hydrogens is 290 g/mol. The summed E-state index contributed by atoms with van der Waals surface area (Å²) in [6.45, 7) is 3.79. The first-order chi connectivity index (χ1) is 11.1. The van der Waals surface area contributed by atoms with Crippen LogP contribution in [0.4, 0.5) is 4.79 Å². The molecule has 3 rings (SSSR count). The van der Waals surface area contributed by atoms with E-state index in [1.165, 1.54) is 0 Å². The number of nitrogens with zero attached hydrogens (tertiary/aromatic N) is 2. The van der Waals surface area contributed by atoms with Gasteiger partial charge in [-0.05, 0) is 38.1 Å². The van der Waals surface area contributed by atoms with Crippen LogP contribution in [0.3, 0.4) is 0 Å². The highest BCUT2D eigenvalue weighted by atomic mass is 16.2. The largest absolute Gasteiger partial charge is 0.340 e. The second-order valence-corrected chi connectivity index (χ2v) is 5.45. The third kappa shape index (κ3) is 3.48. The predicted octanol–water partition coefficient (Wildman–Crippen LogP) is 3.08. The third-order valence-corrected chi connectivity index (χ3v) is 3.64. The number of carbonyl (C=O) groups excluding carboxylic acids is 1. The number of carbonyl (C=O) groups is 1. The minimum absolute atomic E-state index is 0.168.